The standard InChI is InChI=1S/C23H25F2N.C3H7NO/c1-16(23(2,3)4)22-12-18(20-13-19(24)10-11-21(20)25)15-26(22)14-17-8-6-5-7-9-17;1-2-4-3-5/h5-13,15-16H,14H2,1-4H3;3H,2H2,1H3,(H,4,5). The van der Waals surface area contributed by atoms with Crippen LogP contribution >= 0.6 is 0 Å². The van der Waals surface area contributed by atoms with Crippen LogP contribution in [0.1, 0.15) is 51.8 Å². The van der Waals surface area contributed by atoms with E-state index in [1.54, 1.807) is 0 Å². The van der Waals surface area contributed by atoms with Gasteiger partial charge in [0.05, 0.1) is 0 Å². The molecule has 0 aliphatic carbocycles. The second-order valence-corrected chi connectivity index (χ2v) is 8.65. The van der Waals surface area contributed by atoms with Gasteiger partial charge < -0.3 is 9.88 Å². The van der Waals surface area contributed by atoms with Crippen LogP contribution in [0.3, 0.4) is 0 Å². The molecule has 1 atom stereocenters. The van der Waals surface area contributed by atoms with Crippen molar-refractivity contribution in [3.63, 3.8) is 0 Å². The van der Waals surface area contributed by atoms with Gasteiger partial charge in [-0.15, -0.1) is 0 Å². The molecule has 31 heavy (non-hydrogen) atoms. The number of hydrogen-bond donors (Lipinski definition) is 1. The maximum Gasteiger partial charge on any atom is 0.207 e. The number of hydrogen-bond acceptors (Lipinski definition) is 1. The number of benzene rings is 2. The Morgan fingerprint density at radius 1 is 1.06 bits per heavy atom. The Morgan fingerprint density at radius 3 is 2.29 bits per heavy atom. The third-order valence-electron chi connectivity index (χ3n) is 5.40. The van der Waals surface area contributed by atoms with Crippen molar-refractivity contribution in [2.24, 2.45) is 5.41 Å². The van der Waals surface area contributed by atoms with Gasteiger partial charge in [0.2, 0.25) is 6.41 Å². The number of amides is 1. The molecule has 5 heteroatoms. The number of carbonyl (C=O) groups excluding carboxylic acids is 1. The molecule has 0 spiro atoms. The van der Waals surface area contributed by atoms with Crippen molar-refractivity contribution in [1.29, 1.82) is 0 Å². The molecule has 1 unspecified atom stereocenters. The molecule has 166 valence electrons. The Hall–Kier alpha value is -2.95. The molecule has 2 aromatic carbocycles. The van der Waals surface area contributed by atoms with E-state index < -0.39 is 11.6 Å². The monoisotopic (exact) mass is 426 g/mol. The van der Waals surface area contributed by atoms with Crippen LogP contribution in [0.5, 0.6) is 0 Å². The Balaban J connectivity index is 0.000000614. The Bertz CT molecular complexity index is 975. The van der Waals surface area contributed by atoms with Gasteiger partial charge in [-0.05, 0) is 42.2 Å². The van der Waals surface area contributed by atoms with Gasteiger partial charge in [0.1, 0.15) is 11.6 Å². The number of carbonyl (C=O) groups is 1. The first-order chi connectivity index (χ1) is 14.7. The van der Waals surface area contributed by atoms with Gasteiger partial charge in [-0.2, -0.15) is 0 Å². The van der Waals surface area contributed by atoms with Crippen molar-refractivity contribution in [1.82, 2.24) is 9.88 Å². The number of halogens is 2. The molecule has 1 aromatic heterocycles. The molecule has 0 saturated heterocycles. The number of aromatic nitrogens is 1. The number of nitrogens with zero attached hydrogens (tertiary/aromatic N) is 1. The SMILES string of the molecule is CC(c1cc(-c2cc(F)ccc2F)cn1Cc1ccccc1)C(C)(C)C.CCNC=O. The summed E-state index contributed by atoms with van der Waals surface area (Å²) in [5, 5.41) is 2.43. The third kappa shape index (κ3) is 6.78. The maximum absolute atomic E-state index is 14.3. The fourth-order valence-electron chi connectivity index (χ4n) is 3.21. The van der Waals surface area contributed by atoms with Crippen molar-refractivity contribution in [2.75, 3.05) is 6.54 Å². The predicted molar refractivity (Wildman–Crippen MR) is 123 cm³/mol. The zero-order valence-electron chi connectivity index (χ0n) is 19.0. The average molecular weight is 427 g/mol. The Kier molecular flexibility index (Phi) is 8.55. The van der Waals surface area contributed by atoms with Gasteiger partial charge in [0.25, 0.3) is 0 Å². The second kappa shape index (κ2) is 10.9. The lowest BCUT2D eigenvalue weighted by molar-refractivity contribution is -0.109. The summed E-state index contributed by atoms with van der Waals surface area (Å²) in [7, 11) is 0. The van der Waals surface area contributed by atoms with Crippen LogP contribution in [0, 0.1) is 17.0 Å². The van der Waals surface area contributed by atoms with E-state index in [0.29, 0.717) is 24.1 Å². The Morgan fingerprint density at radius 2 is 1.74 bits per heavy atom. The highest BCUT2D eigenvalue weighted by Gasteiger charge is 2.25. The van der Waals surface area contributed by atoms with Crippen LogP contribution in [0.2, 0.25) is 0 Å². The summed E-state index contributed by atoms with van der Waals surface area (Å²) in [4.78, 5) is 9.29. The molecule has 3 rings (SSSR count). The van der Waals surface area contributed by atoms with Gasteiger partial charge in [-0.3, -0.25) is 4.79 Å². The molecule has 0 aliphatic heterocycles. The minimum Gasteiger partial charge on any atom is -0.359 e. The molecule has 1 amide bonds. The molecule has 0 aliphatic rings. The minimum atomic E-state index is -0.428. The number of nitrogens with one attached hydrogen (secondary N) is 1. The fraction of sp³-hybridized carbons (Fsp3) is 0.346. The highest BCUT2D eigenvalue weighted by atomic mass is 19.1. The van der Waals surface area contributed by atoms with Crippen LogP contribution in [-0.4, -0.2) is 17.5 Å². The lowest BCUT2D eigenvalue weighted by Crippen LogP contribution is -2.18. The topological polar surface area (TPSA) is 34.0 Å². The average Bonchev–Trinajstić information content (AvgIpc) is 3.13. The zero-order chi connectivity index (χ0) is 23.0. The Labute approximate surface area is 184 Å². The minimum absolute atomic E-state index is 0.0601. The molecule has 0 bridgehead atoms. The molecule has 0 fully saturated rings. The maximum atomic E-state index is 14.3. The van der Waals surface area contributed by atoms with Gasteiger partial charge in [-0.25, -0.2) is 8.78 Å². The van der Waals surface area contributed by atoms with E-state index in [9.17, 15) is 13.6 Å². The first-order valence-electron chi connectivity index (χ1n) is 10.5. The van der Waals surface area contributed by atoms with Crippen molar-refractivity contribution in [2.45, 2.75) is 47.1 Å². The highest BCUT2D eigenvalue weighted by molar-refractivity contribution is 5.65. The quantitative estimate of drug-likeness (QED) is 0.456. The van der Waals surface area contributed by atoms with E-state index in [-0.39, 0.29) is 11.3 Å². The first kappa shape index (κ1) is 24.3. The van der Waals surface area contributed by atoms with E-state index in [4.69, 9.17) is 0 Å². The molecule has 3 aromatic rings. The lowest BCUT2D eigenvalue weighted by atomic mass is 9.80. The summed E-state index contributed by atoms with van der Waals surface area (Å²) in [6.45, 7) is 12.1. The molecule has 1 heterocycles. The van der Waals surface area contributed by atoms with Crippen molar-refractivity contribution in [3.8, 4) is 11.1 Å². The van der Waals surface area contributed by atoms with Gasteiger partial charge in [-0.1, -0.05) is 58.0 Å². The van der Waals surface area contributed by atoms with E-state index in [0.717, 1.165) is 18.3 Å². The van der Waals surface area contributed by atoms with E-state index in [1.165, 1.54) is 17.7 Å². The lowest BCUT2D eigenvalue weighted by Gasteiger charge is -2.28. The van der Waals surface area contributed by atoms with Crippen molar-refractivity contribution in [3.05, 3.63) is 83.7 Å². The van der Waals surface area contributed by atoms with Crippen LogP contribution < -0.4 is 5.32 Å². The fourth-order valence-corrected chi connectivity index (χ4v) is 3.21. The van der Waals surface area contributed by atoms with E-state index in [1.807, 2.05) is 37.4 Å². The van der Waals surface area contributed by atoms with Crippen LogP contribution in [0.15, 0.2) is 60.8 Å². The first-order valence-corrected chi connectivity index (χ1v) is 10.5. The summed E-state index contributed by atoms with van der Waals surface area (Å²) in [5.74, 6) is -0.572. The third-order valence-corrected chi connectivity index (χ3v) is 5.40. The molecular weight excluding hydrogens is 394 g/mol. The highest BCUT2D eigenvalue weighted by Crippen LogP contribution is 2.38. The summed E-state index contributed by atoms with van der Waals surface area (Å²) >= 11 is 0. The normalized spacial score (nSPS) is 12.0. The van der Waals surface area contributed by atoms with Crippen molar-refractivity contribution >= 4 is 6.41 Å². The van der Waals surface area contributed by atoms with Crippen LogP contribution in [0.4, 0.5) is 8.78 Å². The van der Waals surface area contributed by atoms with Crippen LogP contribution in [-0.2, 0) is 11.3 Å². The predicted octanol–water partition coefficient (Wildman–Crippen LogP) is 6.38. The molecule has 0 saturated carbocycles. The largest absolute Gasteiger partial charge is 0.359 e. The van der Waals surface area contributed by atoms with Gasteiger partial charge in [0.15, 0.2) is 0 Å². The summed E-state index contributed by atoms with van der Waals surface area (Å²) in [6.07, 6.45) is 2.61. The van der Waals surface area contributed by atoms with E-state index in [2.05, 4.69) is 49.7 Å². The summed E-state index contributed by atoms with van der Waals surface area (Å²) in [5.41, 5.74) is 3.38. The molecule has 3 nitrogen and oxygen atoms in total. The van der Waals surface area contributed by atoms with E-state index >= 15 is 0 Å². The van der Waals surface area contributed by atoms with Crippen molar-refractivity contribution < 1.29 is 13.6 Å². The van der Waals surface area contributed by atoms with Crippen LogP contribution in [0.25, 0.3) is 11.1 Å². The summed E-state index contributed by atoms with van der Waals surface area (Å²) < 4.78 is 30.1. The second-order valence-electron chi connectivity index (χ2n) is 8.65. The molecular formula is C26H32F2N2O. The van der Waals surface area contributed by atoms with Gasteiger partial charge in [0, 0.05) is 42.0 Å². The smallest absolute Gasteiger partial charge is 0.207 e. The molecule has 1 N–H and O–H groups in total. The number of rotatable bonds is 6. The van der Waals surface area contributed by atoms with Gasteiger partial charge >= 0.3 is 0 Å². The summed E-state index contributed by atoms with van der Waals surface area (Å²) in [6, 6.07) is 15.8. The molecule has 0 radical (unpaired) electrons. The zero-order valence-corrected chi connectivity index (χ0v) is 19.0.